The molecule has 3 rings (SSSR count). The average Bonchev–Trinajstić information content (AvgIpc) is 3.42. The monoisotopic (exact) mass is 388 g/mol. The largest absolute Gasteiger partial charge is 0.467 e. The molecule has 28 heavy (non-hydrogen) atoms. The van der Waals surface area contributed by atoms with Crippen LogP contribution in [0.1, 0.15) is 37.2 Å². The highest BCUT2D eigenvalue weighted by molar-refractivity contribution is 5.74. The second kappa shape index (κ2) is 10.4. The molecule has 1 saturated carbocycles. The Morgan fingerprint density at radius 2 is 1.32 bits per heavy atom. The van der Waals surface area contributed by atoms with Crippen molar-refractivity contribution in [1.82, 2.24) is 21.3 Å². The standard InChI is InChI=1S/C20H28N4O4/c25-19(23-13-17-6-2-8-27-17)21-11-15-4-1-5-16(10-15)12-22-20(26)24-14-18-7-3-9-28-18/h2-3,6-9,15-16H,1,4-5,10-14H2,(H2,21,23,25)(H2,22,24,26)/t15-,16-/m0/s1. The van der Waals surface area contributed by atoms with Crippen molar-refractivity contribution in [3.05, 3.63) is 48.3 Å². The fourth-order valence-corrected chi connectivity index (χ4v) is 3.53. The molecular formula is C20H28N4O4. The first-order chi connectivity index (χ1) is 13.7. The van der Waals surface area contributed by atoms with Crippen LogP contribution in [0.4, 0.5) is 9.59 Å². The van der Waals surface area contributed by atoms with E-state index in [2.05, 4.69) is 21.3 Å². The van der Waals surface area contributed by atoms with Crippen LogP contribution >= 0.6 is 0 Å². The SMILES string of the molecule is O=C(NCc1ccco1)NC[C@H]1CCC[C@H](CNC(=O)NCc2ccco2)C1. The zero-order chi connectivity index (χ0) is 19.6. The summed E-state index contributed by atoms with van der Waals surface area (Å²) in [6.07, 6.45) is 7.47. The van der Waals surface area contributed by atoms with Gasteiger partial charge in [-0.15, -0.1) is 0 Å². The zero-order valence-electron chi connectivity index (χ0n) is 15.9. The molecule has 2 atom stereocenters. The van der Waals surface area contributed by atoms with Gasteiger partial charge in [0.1, 0.15) is 11.5 Å². The predicted octanol–water partition coefficient (Wildman–Crippen LogP) is 2.98. The highest BCUT2D eigenvalue weighted by Gasteiger charge is 2.22. The minimum absolute atomic E-state index is 0.186. The number of carbonyl (C=O) groups is 2. The van der Waals surface area contributed by atoms with E-state index < -0.39 is 0 Å². The van der Waals surface area contributed by atoms with E-state index in [-0.39, 0.29) is 12.1 Å². The average molecular weight is 388 g/mol. The maximum absolute atomic E-state index is 11.9. The number of furan rings is 2. The Bertz CT molecular complexity index is 654. The molecule has 0 aliphatic heterocycles. The van der Waals surface area contributed by atoms with Crippen LogP contribution in [-0.2, 0) is 13.1 Å². The van der Waals surface area contributed by atoms with E-state index in [0.717, 1.165) is 37.2 Å². The van der Waals surface area contributed by atoms with E-state index in [0.29, 0.717) is 38.0 Å². The molecule has 1 fully saturated rings. The normalized spacial score (nSPS) is 19.0. The Kier molecular flexibility index (Phi) is 7.40. The van der Waals surface area contributed by atoms with Crippen molar-refractivity contribution in [2.75, 3.05) is 13.1 Å². The fraction of sp³-hybridized carbons (Fsp3) is 0.500. The number of carbonyl (C=O) groups excluding carboxylic acids is 2. The smallest absolute Gasteiger partial charge is 0.315 e. The van der Waals surface area contributed by atoms with E-state index >= 15 is 0 Å². The maximum Gasteiger partial charge on any atom is 0.315 e. The molecule has 4 amide bonds. The van der Waals surface area contributed by atoms with Gasteiger partial charge in [0.15, 0.2) is 0 Å². The summed E-state index contributed by atoms with van der Waals surface area (Å²) in [4.78, 5) is 23.8. The number of rotatable bonds is 8. The van der Waals surface area contributed by atoms with Crippen molar-refractivity contribution in [3.8, 4) is 0 Å². The van der Waals surface area contributed by atoms with Gasteiger partial charge >= 0.3 is 12.1 Å². The Morgan fingerprint density at radius 1 is 0.821 bits per heavy atom. The van der Waals surface area contributed by atoms with Crippen molar-refractivity contribution in [2.24, 2.45) is 11.8 Å². The van der Waals surface area contributed by atoms with E-state index in [1.165, 1.54) is 0 Å². The lowest BCUT2D eigenvalue weighted by atomic mass is 9.81. The summed E-state index contributed by atoms with van der Waals surface area (Å²) in [5.74, 6) is 2.32. The lowest BCUT2D eigenvalue weighted by Gasteiger charge is -2.29. The molecule has 0 radical (unpaired) electrons. The predicted molar refractivity (Wildman–Crippen MR) is 103 cm³/mol. The van der Waals surface area contributed by atoms with Crippen molar-refractivity contribution in [1.29, 1.82) is 0 Å². The highest BCUT2D eigenvalue weighted by atomic mass is 16.3. The molecule has 0 aromatic carbocycles. The number of nitrogens with one attached hydrogen (secondary N) is 4. The van der Waals surface area contributed by atoms with Gasteiger partial charge in [-0.25, -0.2) is 9.59 Å². The number of hydrogen-bond acceptors (Lipinski definition) is 4. The first-order valence-electron chi connectivity index (χ1n) is 9.77. The van der Waals surface area contributed by atoms with Crippen molar-refractivity contribution >= 4 is 12.1 Å². The van der Waals surface area contributed by atoms with Crippen LogP contribution in [0, 0.1) is 11.8 Å². The molecule has 0 unspecified atom stereocenters. The van der Waals surface area contributed by atoms with Gasteiger partial charge in [-0.2, -0.15) is 0 Å². The second-order valence-corrected chi connectivity index (χ2v) is 7.18. The summed E-state index contributed by atoms with van der Waals surface area (Å²) in [5.41, 5.74) is 0. The third kappa shape index (κ3) is 6.68. The van der Waals surface area contributed by atoms with Gasteiger partial charge in [0.25, 0.3) is 0 Å². The molecule has 2 heterocycles. The highest BCUT2D eigenvalue weighted by Crippen LogP contribution is 2.28. The number of urea groups is 2. The van der Waals surface area contributed by atoms with Crippen molar-refractivity contribution in [3.63, 3.8) is 0 Å². The maximum atomic E-state index is 11.9. The molecule has 4 N–H and O–H groups in total. The molecule has 2 aromatic rings. The first-order valence-corrected chi connectivity index (χ1v) is 9.77. The molecule has 8 nitrogen and oxygen atoms in total. The minimum Gasteiger partial charge on any atom is -0.467 e. The third-order valence-electron chi connectivity index (χ3n) is 5.00. The van der Waals surface area contributed by atoms with Crippen LogP contribution < -0.4 is 21.3 Å². The summed E-state index contributed by atoms with van der Waals surface area (Å²) in [5, 5.41) is 11.4. The van der Waals surface area contributed by atoms with E-state index in [1.54, 1.807) is 24.7 Å². The fourth-order valence-electron chi connectivity index (χ4n) is 3.53. The molecule has 0 bridgehead atoms. The zero-order valence-corrected chi connectivity index (χ0v) is 15.9. The Morgan fingerprint density at radius 3 is 1.75 bits per heavy atom. The number of amides is 4. The lowest BCUT2D eigenvalue weighted by molar-refractivity contribution is 0.220. The van der Waals surface area contributed by atoms with Crippen LogP contribution in [0.2, 0.25) is 0 Å². The quantitative estimate of drug-likeness (QED) is 0.557. The van der Waals surface area contributed by atoms with E-state index in [4.69, 9.17) is 8.83 Å². The third-order valence-corrected chi connectivity index (χ3v) is 5.00. The Balaban J connectivity index is 1.29. The van der Waals surface area contributed by atoms with Crippen LogP contribution in [0.3, 0.4) is 0 Å². The van der Waals surface area contributed by atoms with E-state index in [9.17, 15) is 9.59 Å². The van der Waals surface area contributed by atoms with Crippen molar-refractivity contribution < 1.29 is 18.4 Å². The van der Waals surface area contributed by atoms with E-state index in [1.807, 2.05) is 12.1 Å². The van der Waals surface area contributed by atoms with Crippen LogP contribution in [0.5, 0.6) is 0 Å². The summed E-state index contributed by atoms with van der Waals surface area (Å²) in [6.45, 7) is 2.04. The van der Waals surface area contributed by atoms with Gasteiger partial charge in [0, 0.05) is 13.1 Å². The molecular weight excluding hydrogens is 360 g/mol. The molecule has 0 spiro atoms. The molecule has 1 aliphatic rings. The summed E-state index contributed by atoms with van der Waals surface area (Å²) >= 11 is 0. The van der Waals surface area contributed by atoms with Gasteiger partial charge in [0.05, 0.1) is 25.6 Å². The van der Waals surface area contributed by atoms with Gasteiger partial charge in [-0.05, 0) is 55.4 Å². The number of hydrogen-bond donors (Lipinski definition) is 4. The molecule has 0 saturated heterocycles. The topological polar surface area (TPSA) is 109 Å². The summed E-state index contributed by atoms with van der Waals surface area (Å²) < 4.78 is 10.4. The lowest BCUT2D eigenvalue weighted by Crippen LogP contribution is -2.41. The van der Waals surface area contributed by atoms with Crippen LogP contribution in [0.25, 0.3) is 0 Å². The van der Waals surface area contributed by atoms with Gasteiger partial charge < -0.3 is 30.1 Å². The molecule has 152 valence electrons. The van der Waals surface area contributed by atoms with Crippen LogP contribution in [-0.4, -0.2) is 25.2 Å². The van der Waals surface area contributed by atoms with Crippen molar-refractivity contribution in [2.45, 2.75) is 38.8 Å². The van der Waals surface area contributed by atoms with Gasteiger partial charge in [-0.1, -0.05) is 6.42 Å². The summed E-state index contributed by atoms with van der Waals surface area (Å²) in [7, 11) is 0. The first kappa shape index (κ1) is 19.9. The summed E-state index contributed by atoms with van der Waals surface area (Å²) in [6, 6.07) is 6.86. The Hall–Kier alpha value is -2.90. The van der Waals surface area contributed by atoms with Gasteiger partial charge in [0.2, 0.25) is 0 Å². The minimum atomic E-state index is -0.186. The molecule has 2 aromatic heterocycles. The van der Waals surface area contributed by atoms with Crippen LogP contribution in [0.15, 0.2) is 45.6 Å². The van der Waals surface area contributed by atoms with Gasteiger partial charge in [-0.3, -0.25) is 0 Å². The molecule has 8 heteroatoms. The second-order valence-electron chi connectivity index (χ2n) is 7.18. The Labute approximate surface area is 164 Å². The molecule has 1 aliphatic carbocycles.